The van der Waals surface area contributed by atoms with Gasteiger partial charge in [-0.1, -0.05) is 11.6 Å². The molecule has 9 nitrogen and oxygen atoms in total. The molecule has 0 unspecified atom stereocenters. The molecule has 4 N–H and O–H groups in total. The minimum atomic E-state index is -0.751. The number of urea groups is 1. The minimum absolute atomic E-state index is 0.00532. The molecule has 0 aliphatic carbocycles. The molecule has 2 fully saturated rings. The van der Waals surface area contributed by atoms with Crippen LogP contribution in [0.1, 0.15) is 24.8 Å². The lowest BCUT2D eigenvalue weighted by Crippen LogP contribution is -2.49. The number of rotatable bonds is 6. The predicted octanol–water partition coefficient (Wildman–Crippen LogP) is 2.85. The van der Waals surface area contributed by atoms with E-state index in [1.165, 1.54) is 17.0 Å². The highest BCUT2D eigenvalue weighted by Gasteiger charge is 2.42. The number of fused-ring (bicyclic) bond motifs is 1. The number of nitrogens with zero attached hydrogens (tertiary/aromatic N) is 2. The summed E-state index contributed by atoms with van der Waals surface area (Å²) >= 11 is 6.13. The summed E-state index contributed by atoms with van der Waals surface area (Å²) in [5.41, 5.74) is 1.34. The first-order valence-electron chi connectivity index (χ1n) is 12.4. The molecule has 3 aliphatic heterocycles. The third kappa shape index (κ3) is 5.64. The van der Waals surface area contributed by atoms with Gasteiger partial charge in [0.2, 0.25) is 0 Å². The van der Waals surface area contributed by atoms with Crippen LogP contribution in [0.25, 0.3) is 0 Å². The minimum Gasteiger partial charge on any atom is -0.508 e. The number of anilines is 1. The Morgan fingerprint density at radius 2 is 2.03 bits per heavy atom. The molecule has 3 aliphatic rings. The molecule has 2 saturated heterocycles. The number of hydrogen-bond acceptors (Lipinski definition) is 7. The van der Waals surface area contributed by atoms with Crippen molar-refractivity contribution in [1.82, 2.24) is 9.80 Å². The predicted molar refractivity (Wildman–Crippen MR) is 135 cm³/mol. The number of phenols is 1. The van der Waals surface area contributed by atoms with Crippen LogP contribution in [-0.2, 0) is 6.42 Å². The molecule has 194 valence electrons. The van der Waals surface area contributed by atoms with E-state index in [0.717, 1.165) is 48.7 Å². The smallest absolute Gasteiger partial charge is 0.322 e. The fourth-order valence-electron chi connectivity index (χ4n) is 5.22. The second-order valence-corrected chi connectivity index (χ2v) is 10.4. The Morgan fingerprint density at radius 1 is 1.22 bits per heavy atom. The molecule has 0 bridgehead atoms. The maximum atomic E-state index is 12.5. The van der Waals surface area contributed by atoms with E-state index in [1.807, 2.05) is 18.2 Å². The van der Waals surface area contributed by atoms with Crippen LogP contribution in [0, 0.1) is 0 Å². The monoisotopic (exact) mass is 517 g/mol. The van der Waals surface area contributed by atoms with Crippen LogP contribution in [0.4, 0.5) is 10.5 Å². The molecule has 0 saturated carbocycles. The number of carbonyl (C=O) groups excluding carboxylic acids is 1. The highest BCUT2D eigenvalue weighted by Crippen LogP contribution is 2.42. The number of aliphatic hydroxyl groups excluding tert-OH is 2. The van der Waals surface area contributed by atoms with Crippen LogP contribution in [0.15, 0.2) is 36.4 Å². The Hall–Kier alpha value is -2.72. The fourth-order valence-corrected chi connectivity index (χ4v) is 5.41. The molecule has 2 amide bonds. The molecule has 3 heterocycles. The largest absolute Gasteiger partial charge is 0.508 e. The third-order valence-electron chi connectivity index (χ3n) is 7.19. The van der Waals surface area contributed by atoms with Gasteiger partial charge in [-0.3, -0.25) is 0 Å². The highest BCUT2D eigenvalue weighted by atomic mass is 35.5. The maximum absolute atomic E-state index is 12.5. The molecule has 2 aromatic carbocycles. The van der Waals surface area contributed by atoms with Gasteiger partial charge in [-0.2, -0.15) is 0 Å². The summed E-state index contributed by atoms with van der Waals surface area (Å²) in [6.07, 6.45) is 1.86. The average Bonchev–Trinajstić information content (AvgIpc) is 3.44. The number of halogens is 1. The van der Waals surface area contributed by atoms with E-state index >= 15 is 0 Å². The van der Waals surface area contributed by atoms with Gasteiger partial charge in [0.1, 0.15) is 35.6 Å². The molecular formula is C26H32ClN3O6. The van der Waals surface area contributed by atoms with E-state index in [1.54, 1.807) is 6.07 Å². The Kier molecular flexibility index (Phi) is 7.16. The molecular weight excluding hydrogens is 486 g/mol. The standard InChI is InChI=1S/C26H32ClN3O6/c27-18-1-4-23-17(11-18)13-26(36-23)6-9-29(10-7-26)14-21(33)16-35-24-12-19(31)2-3-22(24)28-25(34)30-8-5-20(32)15-30/h1-4,11-12,20-21,31-33H,5-10,13-16H2,(H,28,34)/t20-,21+/m0/s1. The second kappa shape index (κ2) is 10.3. The van der Waals surface area contributed by atoms with Crippen molar-refractivity contribution in [2.45, 2.75) is 43.5 Å². The summed E-state index contributed by atoms with van der Waals surface area (Å²) in [4.78, 5) is 16.2. The van der Waals surface area contributed by atoms with Gasteiger partial charge in [0, 0.05) is 63.1 Å². The zero-order valence-corrected chi connectivity index (χ0v) is 20.8. The number of β-amino-alcohol motifs (C(OH)–C–C–N with tert-alkyl or cyclic N) is 2. The lowest BCUT2D eigenvalue weighted by atomic mass is 9.87. The Morgan fingerprint density at radius 3 is 2.78 bits per heavy atom. The Balaban J connectivity index is 1.11. The van der Waals surface area contributed by atoms with Crippen molar-refractivity contribution in [2.75, 3.05) is 44.6 Å². The van der Waals surface area contributed by atoms with Crippen molar-refractivity contribution < 1.29 is 29.6 Å². The molecule has 2 atom stereocenters. The van der Waals surface area contributed by atoms with Crippen LogP contribution < -0.4 is 14.8 Å². The lowest BCUT2D eigenvalue weighted by Gasteiger charge is -2.39. The molecule has 0 aromatic heterocycles. The normalized spacial score (nSPS) is 21.8. The van der Waals surface area contributed by atoms with E-state index in [4.69, 9.17) is 21.1 Å². The number of nitrogens with one attached hydrogen (secondary N) is 1. The molecule has 2 aromatic rings. The number of benzene rings is 2. The third-order valence-corrected chi connectivity index (χ3v) is 7.42. The number of piperidine rings is 1. The summed E-state index contributed by atoms with van der Waals surface area (Å²) in [6, 6.07) is 9.84. The zero-order chi connectivity index (χ0) is 25.3. The number of aromatic hydroxyl groups is 1. The molecule has 10 heteroatoms. The summed E-state index contributed by atoms with van der Waals surface area (Å²) in [5, 5.41) is 33.7. The first-order chi connectivity index (χ1) is 17.3. The molecule has 0 radical (unpaired) electrons. The van der Waals surface area contributed by atoms with Crippen LogP contribution in [-0.4, -0.2) is 88.3 Å². The number of phenolic OH excluding ortho intramolecular Hbond substituents is 1. The maximum Gasteiger partial charge on any atom is 0.322 e. The van der Waals surface area contributed by atoms with Crippen molar-refractivity contribution in [3.8, 4) is 17.2 Å². The van der Waals surface area contributed by atoms with Crippen LogP contribution in [0.2, 0.25) is 5.02 Å². The fraction of sp³-hybridized carbons (Fsp3) is 0.500. The van der Waals surface area contributed by atoms with Gasteiger partial charge >= 0.3 is 6.03 Å². The van der Waals surface area contributed by atoms with E-state index in [9.17, 15) is 20.1 Å². The highest BCUT2D eigenvalue weighted by molar-refractivity contribution is 6.30. The first kappa shape index (κ1) is 25.0. The van der Waals surface area contributed by atoms with E-state index in [0.29, 0.717) is 25.2 Å². The number of likely N-dealkylation sites (tertiary alicyclic amines) is 2. The summed E-state index contributed by atoms with van der Waals surface area (Å²) in [7, 11) is 0. The van der Waals surface area contributed by atoms with Gasteiger partial charge in [0.15, 0.2) is 0 Å². The van der Waals surface area contributed by atoms with Crippen molar-refractivity contribution >= 4 is 23.3 Å². The van der Waals surface area contributed by atoms with Gasteiger partial charge in [-0.25, -0.2) is 4.79 Å². The van der Waals surface area contributed by atoms with Crippen LogP contribution in [0.3, 0.4) is 0 Å². The quantitative estimate of drug-likeness (QED) is 0.436. The summed E-state index contributed by atoms with van der Waals surface area (Å²) < 4.78 is 12.1. The van der Waals surface area contributed by atoms with E-state index < -0.39 is 12.2 Å². The molecule has 1 spiro atoms. The summed E-state index contributed by atoms with van der Waals surface area (Å²) in [5.74, 6) is 1.18. The van der Waals surface area contributed by atoms with Gasteiger partial charge < -0.3 is 39.9 Å². The topological polar surface area (TPSA) is 115 Å². The van der Waals surface area contributed by atoms with E-state index in [-0.39, 0.29) is 36.3 Å². The lowest BCUT2D eigenvalue weighted by molar-refractivity contribution is -0.00192. The Bertz CT molecular complexity index is 1110. The van der Waals surface area contributed by atoms with Crippen molar-refractivity contribution in [3.63, 3.8) is 0 Å². The zero-order valence-electron chi connectivity index (χ0n) is 20.0. The number of carbonyl (C=O) groups is 1. The van der Waals surface area contributed by atoms with Crippen LogP contribution >= 0.6 is 11.6 Å². The van der Waals surface area contributed by atoms with Crippen LogP contribution in [0.5, 0.6) is 17.2 Å². The van der Waals surface area contributed by atoms with Crippen molar-refractivity contribution in [1.29, 1.82) is 0 Å². The summed E-state index contributed by atoms with van der Waals surface area (Å²) in [6.45, 7) is 2.81. The van der Waals surface area contributed by atoms with Crippen molar-refractivity contribution in [2.24, 2.45) is 0 Å². The van der Waals surface area contributed by atoms with E-state index in [2.05, 4.69) is 10.2 Å². The number of aliphatic hydroxyl groups is 2. The second-order valence-electron chi connectivity index (χ2n) is 9.98. The number of ether oxygens (including phenoxy) is 2. The number of hydrogen-bond donors (Lipinski definition) is 4. The van der Waals surface area contributed by atoms with Crippen molar-refractivity contribution in [3.05, 3.63) is 47.0 Å². The van der Waals surface area contributed by atoms with Gasteiger partial charge in [-0.15, -0.1) is 0 Å². The first-order valence-corrected chi connectivity index (χ1v) is 12.7. The average molecular weight is 518 g/mol. The molecule has 5 rings (SSSR count). The number of amides is 2. The van der Waals surface area contributed by atoms with Gasteiger partial charge in [0.05, 0.1) is 11.8 Å². The van der Waals surface area contributed by atoms with Gasteiger partial charge in [0.25, 0.3) is 0 Å². The Labute approximate surface area is 215 Å². The van der Waals surface area contributed by atoms with Gasteiger partial charge in [-0.05, 0) is 42.3 Å². The SMILES string of the molecule is O=C(Nc1ccc(O)cc1OC[C@H](O)CN1CCC2(CC1)Cc1cc(Cl)ccc1O2)N1CC[C@H](O)C1. The molecule has 36 heavy (non-hydrogen) atoms.